The van der Waals surface area contributed by atoms with E-state index in [1.807, 2.05) is 0 Å². The molecular formula is C14H20F3N3O. The van der Waals surface area contributed by atoms with Gasteiger partial charge in [-0.3, -0.25) is 0 Å². The maximum absolute atomic E-state index is 12.4. The summed E-state index contributed by atoms with van der Waals surface area (Å²) in [5.41, 5.74) is -0.741. The number of halogens is 3. The van der Waals surface area contributed by atoms with Crippen molar-refractivity contribution >= 4 is 5.82 Å². The highest BCUT2D eigenvalue weighted by atomic mass is 19.4. The van der Waals surface area contributed by atoms with Gasteiger partial charge in [0.1, 0.15) is 5.82 Å². The van der Waals surface area contributed by atoms with Gasteiger partial charge in [0.2, 0.25) is 0 Å². The number of aliphatic hydroxyl groups is 1. The van der Waals surface area contributed by atoms with E-state index in [0.29, 0.717) is 18.3 Å². The van der Waals surface area contributed by atoms with Crippen molar-refractivity contribution in [2.75, 3.05) is 38.1 Å². The molecule has 2 N–H and O–H groups in total. The van der Waals surface area contributed by atoms with Gasteiger partial charge >= 0.3 is 6.18 Å². The lowest BCUT2D eigenvalue weighted by molar-refractivity contribution is -0.137. The van der Waals surface area contributed by atoms with Crippen LogP contribution in [0.1, 0.15) is 18.4 Å². The van der Waals surface area contributed by atoms with Crippen LogP contribution in [0.2, 0.25) is 0 Å². The minimum Gasteiger partial charge on any atom is -0.396 e. The van der Waals surface area contributed by atoms with Crippen LogP contribution in [-0.4, -0.2) is 47.8 Å². The molecule has 1 atom stereocenters. The van der Waals surface area contributed by atoms with E-state index in [4.69, 9.17) is 5.11 Å². The van der Waals surface area contributed by atoms with Crippen LogP contribution < -0.4 is 5.32 Å². The summed E-state index contributed by atoms with van der Waals surface area (Å²) >= 11 is 0. The van der Waals surface area contributed by atoms with Crippen molar-refractivity contribution in [2.45, 2.75) is 19.0 Å². The molecule has 0 bridgehead atoms. The topological polar surface area (TPSA) is 48.4 Å². The van der Waals surface area contributed by atoms with E-state index >= 15 is 0 Å². The number of piperidine rings is 1. The lowest BCUT2D eigenvalue weighted by Gasteiger charge is -2.31. The molecule has 0 spiro atoms. The van der Waals surface area contributed by atoms with Crippen molar-refractivity contribution in [3.63, 3.8) is 0 Å². The van der Waals surface area contributed by atoms with Crippen LogP contribution >= 0.6 is 0 Å². The van der Waals surface area contributed by atoms with Gasteiger partial charge in [-0.1, -0.05) is 0 Å². The first kappa shape index (κ1) is 16.0. The zero-order chi connectivity index (χ0) is 15.3. The number of aliphatic hydroxyl groups excluding tert-OH is 1. The maximum Gasteiger partial charge on any atom is 0.417 e. The number of aromatic nitrogens is 1. The summed E-state index contributed by atoms with van der Waals surface area (Å²) in [7, 11) is 0. The second-order valence-electron chi connectivity index (χ2n) is 5.35. The van der Waals surface area contributed by atoms with E-state index in [-0.39, 0.29) is 6.61 Å². The fourth-order valence-electron chi connectivity index (χ4n) is 2.51. The van der Waals surface area contributed by atoms with Gasteiger partial charge in [0.15, 0.2) is 0 Å². The number of hydrogen-bond acceptors (Lipinski definition) is 4. The van der Waals surface area contributed by atoms with Crippen molar-refractivity contribution < 1.29 is 18.3 Å². The largest absolute Gasteiger partial charge is 0.417 e. The second-order valence-corrected chi connectivity index (χ2v) is 5.35. The Balaban J connectivity index is 1.76. The molecule has 0 saturated carbocycles. The molecule has 2 rings (SSSR count). The molecule has 21 heavy (non-hydrogen) atoms. The first-order valence-corrected chi connectivity index (χ1v) is 7.09. The van der Waals surface area contributed by atoms with Crippen molar-refractivity contribution in [2.24, 2.45) is 5.92 Å². The Morgan fingerprint density at radius 2 is 2.19 bits per heavy atom. The Morgan fingerprint density at radius 3 is 2.81 bits per heavy atom. The van der Waals surface area contributed by atoms with Gasteiger partial charge in [-0.25, -0.2) is 4.98 Å². The van der Waals surface area contributed by atoms with Crippen LogP contribution in [0.15, 0.2) is 18.3 Å². The average Bonchev–Trinajstić information content (AvgIpc) is 2.47. The fourth-order valence-corrected chi connectivity index (χ4v) is 2.51. The minimum atomic E-state index is -4.35. The summed E-state index contributed by atoms with van der Waals surface area (Å²) < 4.78 is 37.2. The zero-order valence-electron chi connectivity index (χ0n) is 11.7. The molecule has 1 fully saturated rings. The van der Waals surface area contributed by atoms with E-state index in [1.165, 1.54) is 6.07 Å². The van der Waals surface area contributed by atoms with E-state index in [0.717, 1.165) is 44.7 Å². The summed E-state index contributed by atoms with van der Waals surface area (Å²) in [4.78, 5) is 6.02. The smallest absolute Gasteiger partial charge is 0.396 e. The number of likely N-dealkylation sites (tertiary alicyclic amines) is 1. The Kier molecular flexibility index (Phi) is 5.41. The number of hydrogen-bond donors (Lipinski definition) is 2. The molecule has 1 unspecified atom stereocenters. The normalized spacial score (nSPS) is 20.5. The van der Waals surface area contributed by atoms with Crippen molar-refractivity contribution in [1.82, 2.24) is 9.88 Å². The molecule has 1 aliphatic heterocycles. The van der Waals surface area contributed by atoms with Gasteiger partial charge in [-0.2, -0.15) is 13.2 Å². The number of anilines is 1. The molecule has 4 nitrogen and oxygen atoms in total. The van der Waals surface area contributed by atoms with E-state index in [2.05, 4.69) is 15.2 Å². The van der Waals surface area contributed by atoms with Crippen molar-refractivity contribution in [3.05, 3.63) is 23.9 Å². The first-order valence-electron chi connectivity index (χ1n) is 7.09. The number of pyridine rings is 1. The van der Waals surface area contributed by atoms with Gasteiger partial charge in [0.25, 0.3) is 0 Å². The van der Waals surface area contributed by atoms with Crippen LogP contribution in [0.5, 0.6) is 0 Å². The Morgan fingerprint density at radius 1 is 1.38 bits per heavy atom. The SMILES string of the molecule is OCC1CCCN(CCNc2ccc(C(F)(F)F)cn2)C1. The molecule has 1 aliphatic rings. The molecule has 0 aromatic carbocycles. The summed E-state index contributed by atoms with van der Waals surface area (Å²) in [6.45, 7) is 3.50. The fraction of sp³-hybridized carbons (Fsp3) is 0.643. The van der Waals surface area contributed by atoms with Gasteiger partial charge in [0, 0.05) is 32.4 Å². The highest BCUT2D eigenvalue weighted by Crippen LogP contribution is 2.28. The van der Waals surface area contributed by atoms with Gasteiger partial charge in [-0.05, 0) is 37.4 Å². The molecule has 1 aromatic rings. The van der Waals surface area contributed by atoms with Crippen LogP contribution in [0.3, 0.4) is 0 Å². The second kappa shape index (κ2) is 7.09. The lowest BCUT2D eigenvalue weighted by Crippen LogP contribution is -2.39. The molecule has 7 heteroatoms. The number of nitrogens with zero attached hydrogens (tertiary/aromatic N) is 2. The van der Waals surface area contributed by atoms with Crippen molar-refractivity contribution in [1.29, 1.82) is 0 Å². The zero-order valence-corrected chi connectivity index (χ0v) is 11.7. The molecule has 2 heterocycles. The van der Waals surface area contributed by atoms with E-state index in [9.17, 15) is 13.2 Å². The maximum atomic E-state index is 12.4. The molecule has 118 valence electrons. The highest BCUT2D eigenvalue weighted by Gasteiger charge is 2.30. The molecule has 0 aliphatic carbocycles. The number of alkyl halides is 3. The van der Waals surface area contributed by atoms with Crippen LogP contribution in [0, 0.1) is 5.92 Å². The first-order chi connectivity index (χ1) is 9.99. The van der Waals surface area contributed by atoms with Gasteiger partial charge in [-0.15, -0.1) is 0 Å². The summed E-state index contributed by atoms with van der Waals surface area (Å²) in [5.74, 6) is 0.779. The Hall–Kier alpha value is -1.34. The molecule has 0 amide bonds. The van der Waals surface area contributed by atoms with Crippen LogP contribution in [0.25, 0.3) is 0 Å². The lowest BCUT2D eigenvalue weighted by atomic mass is 9.99. The summed E-state index contributed by atoms with van der Waals surface area (Å²) in [6, 6.07) is 2.37. The predicted molar refractivity (Wildman–Crippen MR) is 74.0 cm³/mol. The summed E-state index contributed by atoms with van der Waals surface area (Å²) in [5, 5.41) is 12.2. The number of nitrogens with one attached hydrogen (secondary N) is 1. The number of rotatable bonds is 5. The van der Waals surface area contributed by atoms with Crippen LogP contribution in [-0.2, 0) is 6.18 Å². The molecule has 0 radical (unpaired) electrons. The van der Waals surface area contributed by atoms with Gasteiger partial charge < -0.3 is 15.3 Å². The monoisotopic (exact) mass is 303 g/mol. The van der Waals surface area contributed by atoms with Gasteiger partial charge in [0.05, 0.1) is 5.56 Å². The Labute approximate surface area is 122 Å². The van der Waals surface area contributed by atoms with E-state index < -0.39 is 11.7 Å². The molecular weight excluding hydrogens is 283 g/mol. The van der Waals surface area contributed by atoms with E-state index in [1.54, 1.807) is 0 Å². The Bertz CT molecular complexity index is 436. The third-order valence-electron chi connectivity index (χ3n) is 3.69. The third-order valence-corrected chi connectivity index (χ3v) is 3.69. The summed E-state index contributed by atoms with van der Waals surface area (Å²) in [6.07, 6.45) is -1.38. The van der Waals surface area contributed by atoms with Crippen LogP contribution in [0.4, 0.5) is 19.0 Å². The average molecular weight is 303 g/mol. The third kappa shape index (κ3) is 4.86. The minimum absolute atomic E-state index is 0.213. The van der Waals surface area contributed by atoms with Crippen molar-refractivity contribution in [3.8, 4) is 0 Å². The quantitative estimate of drug-likeness (QED) is 0.875. The molecule has 1 aromatic heterocycles. The standard InChI is InChI=1S/C14H20F3N3O/c15-14(16,17)12-3-4-13(19-8-12)18-5-7-20-6-1-2-11(9-20)10-21/h3-4,8,11,21H,1-2,5-7,9-10H2,(H,18,19). The molecule has 1 saturated heterocycles. The predicted octanol–water partition coefficient (Wildman–Crippen LogP) is 2.22. The highest BCUT2D eigenvalue weighted by molar-refractivity contribution is 5.36.